The van der Waals surface area contributed by atoms with Gasteiger partial charge in [0.1, 0.15) is 16.5 Å². The van der Waals surface area contributed by atoms with Gasteiger partial charge in [-0.3, -0.25) is 0 Å². The minimum absolute atomic E-state index is 0.100. The fourth-order valence-corrected chi connectivity index (χ4v) is 1.45. The maximum absolute atomic E-state index is 11.0. The van der Waals surface area contributed by atoms with E-state index in [4.69, 9.17) is 21.4 Å². The molecule has 0 unspecified atom stereocenters. The number of hydrogen-bond acceptors (Lipinski definition) is 4. The summed E-state index contributed by atoms with van der Waals surface area (Å²) >= 11 is 5.73. The van der Waals surface area contributed by atoms with Crippen molar-refractivity contribution in [3.63, 3.8) is 0 Å². The van der Waals surface area contributed by atoms with Gasteiger partial charge in [0.2, 0.25) is 0 Å². The number of carboxylic acids is 1. The van der Waals surface area contributed by atoms with Gasteiger partial charge in [0.25, 0.3) is 0 Å². The number of ether oxygens (including phenoxy) is 1. The molecule has 2 N–H and O–H groups in total. The molecule has 0 amide bonds. The summed E-state index contributed by atoms with van der Waals surface area (Å²) in [5.41, 5.74) is 0.100. The highest BCUT2D eigenvalue weighted by Gasteiger charge is 2.11. The standard InChI is InChI=1S/C12H17ClN2O3/c1-8(2)7-18-6-5-14-11-9(12(16)17)3-4-10(13)15-11/h3-4,8H,5-7H2,1-2H3,(H,14,15)(H,16,17). The zero-order valence-electron chi connectivity index (χ0n) is 10.4. The summed E-state index contributed by atoms with van der Waals surface area (Å²) in [5, 5.41) is 12.1. The topological polar surface area (TPSA) is 71.5 Å². The van der Waals surface area contributed by atoms with Gasteiger partial charge < -0.3 is 15.2 Å². The number of rotatable bonds is 7. The summed E-state index contributed by atoms with van der Waals surface area (Å²) in [7, 11) is 0. The van der Waals surface area contributed by atoms with Crippen LogP contribution >= 0.6 is 11.6 Å². The predicted octanol–water partition coefficient (Wildman–Crippen LogP) is 2.52. The van der Waals surface area contributed by atoms with Crippen molar-refractivity contribution in [3.8, 4) is 0 Å². The van der Waals surface area contributed by atoms with Crippen LogP contribution < -0.4 is 5.32 Å². The molecule has 0 radical (unpaired) electrons. The number of nitrogens with one attached hydrogen (secondary N) is 1. The van der Waals surface area contributed by atoms with Crippen LogP contribution in [-0.2, 0) is 4.74 Å². The number of pyridine rings is 1. The van der Waals surface area contributed by atoms with Crippen molar-refractivity contribution in [3.05, 3.63) is 22.8 Å². The quantitative estimate of drug-likeness (QED) is 0.589. The summed E-state index contributed by atoms with van der Waals surface area (Å²) in [6.07, 6.45) is 0. The number of anilines is 1. The van der Waals surface area contributed by atoms with E-state index in [-0.39, 0.29) is 16.5 Å². The minimum atomic E-state index is -1.04. The van der Waals surface area contributed by atoms with E-state index in [0.717, 1.165) is 0 Å². The molecule has 0 fully saturated rings. The van der Waals surface area contributed by atoms with E-state index in [1.807, 2.05) is 0 Å². The number of aromatic carboxylic acids is 1. The zero-order valence-corrected chi connectivity index (χ0v) is 11.2. The summed E-state index contributed by atoms with van der Waals surface area (Å²) in [6.45, 7) is 5.78. The first-order valence-electron chi connectivity index (χ1n) is 5.72. The Morgan fingerprint density at radius 3 is 2.89 bits per heavy atom. The molecule has 0 saturated carbocycles. The van der Waals surface area contributed by atoms with Crippen molar-refractivity contribution in [2.75, 3.05) is 25.1 Å². The Bertz CT molecular complexity index is 410. The Kier molecular flexibility index (Phi) is 5.88. The van der Waals surface area contributed by atoms with E-state index in [2.05, 4.69) is 24.1 Å². The molecule has 5 nitrogen and oxygen atoms in total. The highest BCUT2D eigenvalue weighted by Crippen LogP contribution is 2.16. The van der Waals surface area contributed by atoms with Gasteiger partial charge in [-0.2, -0.15) is 0 Å². The predicted molar refractivity (Wildman–Crippen MR) is 70.4 cm³/mol. The largest absolute Gasteiger partial charge is 0.478 e. The average Bonchev–Trinajstić information content (AvgIpc) is 2.27. The van der Waals surface area contributed by atoms with E-state index in [0.29, 0.717) is 25.7 Å². The average molecular weight is 273 g/mol. The van der Waals surface area contributed by atoms with Gasteiger partial charge in [-0.05, 0) is 18.1 Å². The molecule has 0 aromatic carbocycles. The third kappa shape index (κ3) is 4.89. The molecule has 1 aromatic heterocycles. The molecule has 0 aliphatic carbocycles. The molecule has 1 rings (SSSR count). The van der Waals surface area contributed by atoms with Gasteiger partial charge in [-0.1, -0.05) is 25.4 Å². The number of carboxylic acid groups (broad SMARTS) is 1. The lowest BCUT2D eigenvalue weighted by Gasteiger charge is -2.10. The van der Waals surface area contributed by atoms with Gasteiger partial charge in [-0.25, -0.2) is 9.78 Å². The molecule has 100 valence electrons. The second-order valence-corrected chi connectivity index (χ2v) is 4.62. The SMILES string of the molecule is CC(C)COCCNc1nc(Cl)ccc1C(=O)O. The van der Waals surface area contributed by atoms with E-state index >= 15 is 0 Å². The normalized spacial score (nSPS) is 10.7. The Balaban J connectivity index is 2.50. The molecule has 1 heterocycles. The van der Waals surface area contributed by atoms with Crippen molar-refractivity contribution in [1.29, 1.82) is 0 Å². The maximum atomic E-state index is 11.0. The van der Waals surface area contributed by atoms with Gasteiger partial charge in [-0.15, -0.1) is 0 Å². The van der Waals surface area contributed by atoms with Crippen LogP contribution in [0.2, 0.25) is 5.15 Å². The molecule has 0 aliphatic rings. The van der Waals surface area contributed by atoms with Crippen molar-refractivity contribution in [2.24, 2.45) is 5.92 Å². The van der Waals surface area contributed by atoms with Gasteiger partial charge in [0.05, 0.1) is 6.61 Å². The first-order chi connectivity index (χ1) is 8.50. The lowest BCUT2D eigenvalue weighted by Crippen LogP contribution is -2.15. The molecular weight excluding hydrogens is 256 g/mol. The lowest BCUT2D eigenvalue weighted by molar-refractivity contribution is 0.0697. The van der Waals surface area contributed by atoms with Crippen LogP contribution in [0.5, 0.6) is 0 Å². The van der Waals surface area contributed by atoms with Gasteiger partial charge >= 0.3 is 5.97 Å². The van der Waals surface area contributed by atoms with Crippen LogP contribution in [-0.4, -0.2) is 35.8 Å². The Morgan fingerprint density at radius 1 is 1.56 bits per heavy atom. The highest BCUT2D eigenvalue weighted by atomic mass is 35.5. The first-order valence-corrected chi connectivity index (χ1v) is 6.10. The molecule has 0 aliphatic heterocycles. The van der Waals surface area contributed by atoms with Gasteiger partial charge in [0, 0.05) is 13.2 Å². The van der Waals surface area contributed by atoms with Crippen molar-refractivity contribution in [2.45, 2.75) is 13.8 Å². The van der Waals surface area contributed by atoms with Gasteiger partial charge in [0.15, 0.2) is 0 Å². The minimum Gasteiger partial charge on any atom is -0.478 e. The van der Waals surface area contributed by atoms with Crippen LogP contribution in [0.4, 0.5) is 5.82 Å². The van der Waals surface area contributed by atoms with Crippen LogP contribution in [0.25, 0.3) is 0 Å². The van der Waals surface area contributed by atoms with E-state index in [1.54, 1.807) is 0 Å². The van der Waals surface area contributed by atoms with Crippen LogP contribution in [0.3, 0.4) is 0 Å². The second-order valence-electron chi connectivity index (χ2n) is 4.23. The van der Waals surface area contributed by atoms with Crippen LogP contribution in [0, 0.1) is 5.92 Å². The van der Waals surface area contributed by atoms with Crippen molar-refractivity contribution >= 4 is 23.4 Å². The number of nitrogens with zero attached hydrogens (tertiary/aromatic N) is 1. The van der Waals surface area contributed by atoms with Crippen molar-refractivity contribution < 1.29 is 14.6 Å². The molecule has 0 atom stereocenters. The monoisotopic (exact) mass is 272 g/mol. The first kappa shape index (κ1) is 14.7. The third-order valence-corrected chi connectivity index (χ3v) is 2.29. The summed E-state index contributed by atoms with van der Waals surface area (Å²) in [4.78, 5) is 14.9. The Labute approximate surface area is 111 Å². The summed E-state index contributed by atoms with van der Waals surface area (Å²) in [6, 6.07) is 2.88. The number of carbonyl (C=O) groups is 1. The fourth-order valence-electron chi connectivity index (χ4n) is 1.30. The van der Waals surface area contributed by atoms with E-state index < -0.39 is 5.97 Å². The number of hydrogen-bond donors (Lipinski definition) is 2. The Hall–Kier alpha value is -1.33. The zero-order chi connectivity index (χ0) is 13.5. The maximum Gasteiger partial charge on any atom is 0.339 e. The molecule has 1 aromatic rings. The molecule has 0 spiro atoms. The third-order valence-electron chi connectivity index (χ3n) is 2.08. The molecule has 0 bridgehead atoms. The number of halogens is 1. The second kappa shape index (κ2) is 7.18. The molecule has 0 saturated heterocycles. The summed E-state index contributed by atoms with van der Waals surface area (Å²) < 4.78 is 5.38. The van der Waals surface area contributed by atoms with Crippen LogP contribution in [0.15, 0.2) is 12.1 Å². The van der Waals surface area contributed by atoms with E-state index in [1.165, 1.54) is 12.1 Å². The van der Waals surface area contributed by atoms with Crippen LogP contribution in [0.1, 0.15) is 24.2 Å². The number of aromatic nitrogens is 1. The summed E-state index contributed by atoms with van der Waals surface area (Å²) in [5.74, 6) is -0.295. The Morgan fingerprint density at radius 2 is 2.28 bits per heavy atom. The molecule has 18 heavy (non-hydrogen) atoms. The molecular formula is C12H17ClN2O3. The fraction of sp³-hybridized carbons (Fsp3) is 0.500. The molecule has 6 heteroatoms. The smallest absolute Gasteiger partial charge is 0.339 e. The lowest BCUT2D eigenvalue weighted by atomic mass is 10.2. The highest BCUT2D eigenvalue weighted by molar-refractivity contribution is 6.29. The van der Waals surface area contributed by atoms with Crippen molar-refractivity contribution in [1.82, 2.24) is 4.98 Å². The van der Waals surface area contributed by atoms with E-state index in [9.17, 15) is 4.79 Å².